The Morgan fingerprint density at radius 3 is 2.50 bits per heavy atom. The number of nitrogens with zero attached hydrogens (tertiary/aromatic N) is 5. The predicted octanol–water partition coefficient (Wildman–Crippen LogP) is 6.13. The molecule has 9 heteroatoms. The van der Waals surface area contributed by atoms with Crippen LogP contribution >= 0.6 is 34.7 Å². The number of halogens is 1. The van der Waals surface area contributed by atoms with Crippen molar-refractivity contribution in [2.75, 3.05) is 4.90 Å². The molecule has 0 spiro atoms. The summed E-state index contributed by atoms with van der Waals surface area (Å²) < 4.78 is 1.96. The molecule has 0 saturated heterocycles. The van der Waals surface area contributed by atoms with Crippen molar-refractivity contribution in [3.63, 3.8) is 0 Å². The maximum atomic E-state index is 12.3. The fraction of sp³-hybridized carbons (Fsp3) is 0.217. The van der Waals surface area contributed by atoms with E-state index in [1.165, 1.54) is 16.9 Å². The number of amides is 1. The standard InChI is InChI=1S/C23H22ClN5OS2/c1-4-16-5-11-20(12-6-16)29(15(2)30)22-25-19(13-31-22)14-32-23-27-26-21(28(23)3)17-7-9-18(24)10-8-17/h5-13H,4,14H2,1-3H3. The Hall–Kier alpha value is -2.68. The van der Waals surface area contributed by atoms with Crippen molar-refractivity contribution in [2.24, 2.45) is 7.05 Å². The number of carbonyl (C=O) groups excluding carboxylic acids is 1. The minimum Gasteiger partial charge on any atom is -0.305 e. The van der Waals surface area contributed by atoms with Gasteiger partial charge in [-0.05, 0) is 48.4 Å². The molecule has 2 aromatic carbocycles. The van der Waals surface area contributed by atoms with Crippen molar-refractivity contribution in [3.05, 3.63) is 70.2 Å². The van der Waals surface area contributed by atoms with Gasteiger partial charge in [0.1, 0.15) is 0 Å². The van der Waals surface area contributed by atoms with Gasteiger partial charge in [0.2, 0.25) is 5.91 Å². The number of carbonyl (C=O) groups is 1. The molecular formula is C23H22ClN5OS2. The van der Waals surface area contributed by atoms with E-state index in [1.54, 1.807) is 23.6 Å². The molecule has 0 bridgehead atoms. The number of aryl methyl sites for hydroxylation is 1. The zero-order chi connectivity index (χ0) is 22.7. The quantitative estimate of drug-likeness (QED) is 0.296. The minimum atomic E-state index is -0.0660. The minimum absolute atomic E-state index is 0.0660. The molecule has 0 N–H and O–H groups in total. The molecule has 4 aromatic rings. The highest BCUT2D eigenvalue weighted by Gasteiger charge is 2.19. The van der Waals surface area contributed by atoms with Crippen LogP contribution in [-0.4, -0.2) is 25.7 Å². The van der Waals surface area contributed by atoms with Gasteiger partial charge < -0.3 is 4.57 Å². The molecule has 1 amide bonds. The Labute approximate surface area is 200 Å². The van der Waals surface area contributed by atoms with Gasteiger partial charge >= 0.3 is 0 Å². The molecular weight excluding hydrogens is 462 g/mol. The van der Waals surface area contributed by atoms with Crippen LogP contribution in [0.3, 0.4) is 0 Å². The van der Waals surface area contributed by atoms with Crippen LogP contribution in [0.15, 0.2) is 59.1 Å². The van der Waals surface area contributed by atoms with Crippen molar-refractivity contribution < 1.29 is 4.79 Å². The third-order valence-electron chi connectivity index (χ3n) is 4.94. The highest BCUT2D eigenvalue weighted by Crippen LogP contribution is 2.32. The number of thioether (sulfide) groups is 1. The van der Waals surface area contributed by atoms with Gasteiger partial charge in [0.15, 0.2) is 16.1 Å². The van der Waals surface area contributed by atoms with E-state index < -0.39 is 0 Å². The van der Waals surface area contributed by atoms with E-state index in [-0.39, 0.29) is 5.91 Å². The number of rotatable bonds is 7. The molecule has 6 nitrogen and oxygen atoms in total. The molecule has 0 aliphatic rings. The van der Waals surface area contributed by atoms with E-state index >= 15 is 0 Å². The first-order chi connectivity index (χ1) is 15.5. The summed E-state index contributed by atoms with van der Waals surface area (Å²) in [6.07, 6.45) is 0.959. The fourth-order valence-corrected chi connectivity index (χ4v) is 5.12. The largest absolute Gasteiger partial charge is 0.305 e. The van der Waals surface area contributed by atoms with Crippen LogP contribution in [0, 0.1) is 0 Å². The molecule has 2 aromatic heterocycles. The van der Waals surface area contributed by atoms with Crippen LogP contribution < -0.4 is 4.90 Å². The van der Waals surface area contributed by atoms with E-state index in [2.05, 4.69) is 17.1 Å². The van der Waals surface area contributed by atoms with Gasteiger partial charge in [-0.3, -0.25) is 9.69 Å². The first-order valence-electron chi connectivity index (χ1n) is 10.1. The van der Waals surface area contributed by atoms with E-state index in [0.717, 1.165) is 34.3 Å². The summed E-state index contributed by atoms with van der Waals surface area (Å²) in [6, 6.07) is 15.6. The molecule has 2 heterocycles. The van der Waals surface area contributed by atoms with Gasteiger partial charge in [-0.1, -0.05) is 42.4 Å². The predicted molar refractivity (Wildman–Crippen MR) is 132 cm³/mol. The number of benzene rings is 2. The SMILES string of the molecule is CCc1ccc(N(C(C)=O)c2nc(CSc3nnc(-c4ccc(Cl)cc4)n3C)cs2)cc1. The second kappa shape index (κ2) is 9.85. The van der Waals surface area contributed by atoms with Gasteiger partial charge in [-0.25, -0.2) is 4.98 Å². The highest BCUT2D eigenvalue weighted by molar-refractivity contribution is 7.98. The molecule has 0 radical (unpaired) electrons. The first-order valence-corrected chi connectivity index (χ1v) is 12.3. The average molecular weight is 484 g/mol. The van der Waals surface area contributed by atoms with Gasteiger partial charge in [0.25, 0.3) is 0 Å². The molecule has 0 unspecified atom stereocenters. The molecule has 0 atom stereocenters. The Morgan fingerprint density at radius 1 is 1.12 bits per heavy atom. The summed E-state index contributed by atoms with van der Waals surface area (Å²) >= 11 is 9.00. The third-order valence-corrected chi connectivity index (χ3v) is 7.12. The smallest absolute Gasteiger partial charge is 0.230 e. The number of aromatic nitrogens is 4. The van der Waals surface area contributed by atoms with Crippen molar-refractivity contribution >= 4 is 51.4 Å². The van der Waals surface area contributed by atoms with E-state index in [1.807, 2.05) is 65.5 Å². The lowest BCUT2D eigenvalue weighted by Gasteiger charge is -2.18. The number of anilines is 2. The monoisotopic (exact) mass is 483 g/mol. The second-order valence-corrected chi connectivity index (χ2v) is 9.37. The van der Waals surface area contributed by atoms with Crippen LogP contribution in [0.1, 0.15) is 25.1 Å². The lowest BCUT2D eigenvalue weighted by molar-refractivity contribution is -0.115. The Balaban J connectivity index is 1.48. The Morgan fingerprint density at radius 2 is 1.84 bits per heavy atom. The Bertz CT molecular complexity index is 1220. The third kappa shape index (κ3) is 4.87. The van der Waals surface area contributed by atoms with Crippen molar-refractivity contribution in [2.45, 2.75) is 31.2 Å². The lowest BCUT2D eigenvalue weighted by atomic mass is 10.1. The van der Waals surface area contributed by atoms with Crippen LogP contribution in [0.25, 0.3) is 11.4 Å². The fourth-order valence-electron chi connectivity index (χ4n) is 3.20. The summed E-state index contributed by atoms with van der Waals surface area (Å²) in [7, 11) is 1.94. The van der Waals surface area contributed by atoms with Crippen molar-refractivity contribution in [1.29, 1.82) is 0 Å². The lowest BCUT2D eigenvalue weighted by Crippen LogP contribution is -2.22. The van der Waals surface area contributed by atoms with Gasteiger partial charge in [-0.15, -0.1) is 21.5 Å². The molecule has 0 aliphatic carbocycles. The van der Waals surface area contributed by atoms with E-state index in [4.69, 9.17) is 16.6 Å². The topological polar surface area (TPSA) is 63.9 Å². The first kappa shape index (κ1) is 22.5. The van der Waals surface area contributed by atoms with E-state index in [0.29, 0.717) is 15.9 Å². The normalized spacial score (nSPS) is 11.0. The maximum Gasteiger partial charge on any atom is 0.230 e. The summed E-state index contributed by atoms with van der Waals surface area (Å²) in [5, 5.41) is 12.8. The molecule has 4 rings (SSSR count). The number of thiazole rings is 1. The summed E-state index contributed by atoms with van der Waals surface area (Å²) in [6.45, 7) is 3.67. The number of hydrogen-bond acceptors (Lipinski definition) is 6. The van der Waals surface area contributed by atoms with Crippen LogP contribution in [-0.2, 0) is 24.0 Å². The summed E-state index contributed by atoms with van der Waals surface area (Å²) in [5.41, 5.74) is 3.90. The second-order valence-electron chi connectivity index (χ2n) is 7.16. The molecule has 0 fully saturated rings. The molecule has 32 heavy (non-hydrogen) atoms. The summed E-state index contributed by atoms with van der Waals surface area (Å²) in [5.74, 6) is 1.34. The Kier molecular flexibility index (Phi) is 6.93. The number of hydrogen-bond donors (Lipinski definition) is 0. The van der Waals surface area contributed by atoms with Crippen LogP contribution in [0.2, 0.25) is 5.02 Å². The van der Waals surface area contributed by atoms with Crippen molar-refractivity contribution in [3.8, 4) is 11.4 Å². The van der Waals surface area contributed by atoms with Crippen LogP contribution in [0.4, 0.5) is 10.8 Å². The zero-order valence-electron chi connectivity index (χ0n) is 17.9. The highest BCUT2D eigenvalue weighted by atomic mass is 35.5. The van der Waals surface area contributed by atoms with Crippen molar-refractivity contribution in [1.82, 2.24) is 19.7 Å². The molecule has 0 aliphatic heterocycles. The molecule has 164 valence electrons. The van der Waals surface area contributed by atoms with Gasteiger partial charge in [-0.2, -0.15) is 0 Å². The summed E-state index contributed by atoms with van der Waals surface area (Å²) in [4.78, 5) is 18.7. The van der Waals surface area contributed by atoms with Gasteiger partial charge in [0, 0.05) is 35.7 Å². The zero-order valence-corrected chi connectivity index (χ0v) is 20.3. The average Bonchev–Trinajstić information content (AvgIpc) is 3.40. The maximum absolute atomic E-state index is 12.3. The van der Waals surface area contributed by atoms with E-state index in [9.17, 15) is 4.79 Å². The van der Waals surface area contributed by atoms with Gasteiger partial charge in [0.05, 0.1) is 11.4 Å². The molecule has 0 saturated carbocycles. The van der Waals surface area contributed by atoms with Crippen LogP contribution in [0.5, 0.6) is 0 Å².